The normalized spacial score (nSPS) is 11.9. The Labute approximate surface area is 128 Å². The molecule has 0 radical (unpaired) electrons. The molecule has 5 heteroatoms. The van der Waals surface area contributed by atoms with Gasteiger partial charge in [-0.3, -0.25) is 4.79 Å². The lowest BCUT2D eigenvalue weighted by Crippen LogP contribution is -2.10. The summed E-state index contributed by atoms with van der Waals surface area (Å²) in [5, 5.41) is 11.5. The molecule has 0 aliphatic carbocycles. The summed E-state index contributed by atoms with van der Waals surface area (Å²) in [6, 6.07) is 9.22. The zero-order chi connectivity index (χ0) is 14.0. The number of halogens is 2. The largest absolute Gasteiger partial charge is 0.291 e. The lowest BCUT2D eigenvalue weighted by Gasteiger charge is -2.07. The monoisotopic (exact) mass is 353 g/mol. The highest BCUT2D eigenvalue weighted by atomic mass is 79.9. The van der Waals surface area contributed by atoms with Crippen LogP contribution in [-0.4, -0.2) is 5.78 Å². The van der Waals surface area contributed by atoms with Crippen molar-refractivity contribution in [1.82, 2.24) is 0 Å². The maximum Gasteiger partial charge on any atom is 0.195 e. The van der Waals surface area contributed by atoms with Gasteiger partial charge in [0, 0.05) is 4.47 Å². The van der Waals surface area contributed by atoms with Crippen molar-refractivity contribution >= 4 is 44.7 Å². The number of aryl methyl sites for hydroxylation is 1. The van der Waals surface area contributed by atoms with Crippen LogP contribution >= 0.6 is 38.9 Å². The number of Topliss-reactive ketones (excluding diaryl/α,β-unsaturated/α-hetero) is 1. The van der Waals surface area contributed by atoms with E-state index < -0.39 is 5.92 Å². The van der Waals surface area contributed by atoms with Crippen LogP contribution in [0.25, 0.3) is 0 Å². The molecule has 1 aromatic carbocycles. The third kappa shape index (κ3) is 2.89. The second-order valence-electron chi connectivity index (χ2n) is 4.04. The van der Waals surface area contributed by atoms with Crippen molar-refractivity contribution < 1.29 is 4.79 Å². The van der Waals surface area contributed by atoms with E-state index in [0.717, 1.165) is 10.0 Å². The van der Waals surface area contributed by atoms with E-state index in [4.69, 9.17) is 11.6 Å². The molecule has 2 rings (SSSR count). The fraction of sp³-hybridized carbons (Fsp3) is 0.143. The number of nitriles is 1. The average molecular weight is 355 g/mol. The molecular weight excluding hydrogens is 346 g/mol. The number of ketones is 1. The Balaban J connectivity index is 2.38. The number of carbonyl (C=O) groups excluding carboxylic acids is 1. The van der Waals surface area contributed by atoms with Gasteiger partial charge in [0.25, 0.3) is 0 Å². The summed E-state index contributed by atoms with van der Waals surface area (Å²) in [7, 11) is 0. The van der Waals surface area contributed by atoms with Gasteiger partial charge in [-0.2, -0.15) is 5.26 Å². The number of carbonyl (C=O) groups is 1. The zero-order valence-electron chi connectivity index (χ0n) is 9.98. The van der Waals surface area contributed by atoms with Gasteiger partial charge in [0.2, 0.25) is 0 Å². The molecule has 2 aromatic rings. The van der Waals surface area contributed by atoms with Gasteiger partial charge in [-0.05, 0) is 35.6 Å². The molecule has 1 unspecified atom stereocenters. The molecule has 2 nitrogen and oxygen atoms in total. The second kappa shape index (κ2) is 5.87. The van der Waals surface area contributed by atoms with Crippen molar-refractivity contribution in [3.05, 3.63) is 55.1 Å². The maximum absolute atomic E-state index is 12.4. The first kappa shape index (κ1) is 14.3. The molecule has 0 bridgehead atoms. The molecule has 96 valence electrons. The molecule has 1 aromatic heterocycles. The summed E-state index contributed by atoms with van der Waals surface area (Å²) < 4.78 is 0.908. The second-order valence-corrected chi connectivity index (χ2v) is 6.21. The van der Waals surface area contributed by atoms with Crippen molar-refractivity contribution in [3.63, 3.8) is 0 Å². The summed E-state index contributed by atoms with van der Waals surface area (Å²) in [6.07, 6.45) is 0. The van der Waals surface area contributed by atoms with Gasteiger partial charge in [-0.15, -0.1) is 11.3 Å². The van der Waals surface area contributed by atoms with Gasteiger partial charge >= 0.3 is 0 Å². The Morgan fingerprint density at radius 2 is 2.05 bits per heavy atom. The van der Waals surface area contributed by atoms with Crippen LogP contribution in [-0.2, 0) is 0 Å². The van der Waals surface area contributed by atoms with E-state index in [1.165, 1.54) is 11.3 Å². The molecular formula is C14H9BrClNOS. The predicted molar refractivity (Wildman–Crippen MR) is 80.9 cm³/mol. The van der Waals surface area contributed by atoms with Gasteiger partial charge in [-0.25, -0.2) is 0 Å². The van der Waals surface area contributed by atoms with Gasteiger partial charge in [0.05, 0.1) is 16.0 Å². The minimum Gasteiger partial charge on any atom is -0.291 e. The van der Waals surface area contributed by atoms with Crippen molar-refractivity contribution in [2.45, 2.75) is 12.8 Å². The average Bonchev–Trinajstić information content (AvgIpc) is 2.73. The van der Waals surface area contributed by atoms with Crippen molar-refractivity contribution in [2.75, 3.05) is 0 Å². The highest BCUT2D eigenvalue weighted by molar-refractivity contribution is 9.10. The predicted octanol–water partition coefficient (Wildman–Crippen LogP) is 4.96. The lowest BCUT2D eigenvalue weighted by molar-refractivity contribution is 0.0983. The smallest absolute Gasteiger partial charge is 0.195 e. The van der Waals surface area contributed by atoms with Gasteiger partial charge in [0.1, 0.15) is 5.92 Å². The van der Waals surface area contributed by atoms with Crippen LogP contribution in [0.4, 0.5) is 0 Å². The molecule has 0 spiro atoms. The minimum atomic E-state index is -0.816. The number of thiophene rings is 1. The van der Waals surface area contributed by atoms with E-state index in [0.29, 0.717) is 15.5 Å². The summed E-state index contributed by atoms with van der Waals surface area (Å²) >= 11 is 10.7. The van der Waals surface area contributed by atoms with Gasteiger partial charge in [0.15, 0.2) is 5.78 Å². The number of benzene rings is 1. The molecule has 0 fully saturated rings. The molecule has 1 heterocycles. The Morgan fingerprint density at radius 1 is 1.42 bits per heavy atom. The molecule has 0 saturated carbocycles. The van der Waals surface area contributed by atoms with E-state index in [-0.39, 0.29) is 5.78 Å². The van der Waals surface area contributed by atoms with Crippen LogP contribution in [0.15, 0.2) is 34.1 Å². The highest BCUT2D eigenvalue weighted by Gasteiger charge is 2.25. The van der Waals surface area contributed by atoms with Crippen LogP contribution in [0.1, 0.15) is 26.7 Å². The first-order valence-electron chi connectivity index (χ1n) is 5.47. The molecule has 0 aliphatic heterocycles. The highest BCUT2D eigenvalue weighted by Crippen LogP contribution is 2.32. The van der Waals surface area contributed by atoms with Crippen LogP contribution in [0.3, 0.4) is 0 Å². The Morgan fingerprint density at radius 3 is 2.53 bits per heavy atom. The van der Waals surface area contributed by atoms with Crippen molar-refractivity contribution in [2.24, 2.45) is 0 Å². The zero-order valence-corrected chi connectivity index (χ0v) is 13.1. The Hall–Kier alpha value is -1.15. The maximum atomic E-state index is 12.4. The molecule has 1 atom stereocenters. The van der Waals surface area contributed by atoms with E-state index >= 15 is 0 Å². The molecule has 0 aliphatic rings. The summed E-state index contributed by atoms with van der Waals surface area (Å²) in [6.45, 7) is 1.84. The molecule has 0 N–H and O–H groups in total. The van der Waals surface area contributed by atoms with Crippen LogP contribution in [0.5, 0.6) is 0 Å². The van der Waals surface area contributed by atoms with Gasteiger partial charge in [-0.1, -0.05) is 39.7 Å². The number of nitrogens with zero attached hydrogens (tertiary/aromatic N) is 1. The SMILES string of the molecule is Cc1csc(C(=O)C(C#N)c2ccc(Br)cc2)c1Cl. The van der Waals surface area contributed by atoms with Crippen LogP contribution in [0, 0.1) is 18.3 Å². The number of rotatable bonds is 3. The van der Waals surface area contributed by atoms with Gasteiger partial charge < -0.3 is 0 Å². The topological polar surface area (TPSA) is 40.9 Å². The van der Waals surface area contributed by atoms with E-state index in [2.05, 4.69) is 22.0 Å². The Bertz CT molecular complexity index is 657. The molecule has 0 amide bonds. The molecule has 0 saturated heterocycles. The molecule has 19 heavy (non-hydrogen) atoms. The van der Waals surface area contributed by atoms with E-state index in [9.17, 15) is 10.1 Å². The van der Waals surface area contributed by atoms with Crippen LogP contribution < -0.4 is 0 Å². The van der Waals surface area contributed by atoms with E-state index in [1.807, 2.05) is 24.4 Å². The minimum absolute atomic E-state index is 0.243. The summed E-state index contributed by atoms with van der Waals surface area (Å²) in [5.41, 5.74) is 1.54. The Kier molecular flexibility index (Phi) is 4.41. The standard InChI is InChI=1S/C14H9BrClNOS/c1-8-7-19-14(12(8)16)13(18)11(6-17)9-2-4-10(15)5-3-9/h2-5,7,11H,1H3. The number of hydrogen-bond acceptors (Lipinski definition) is 3. The van der Waals surface area contributed by atoms with E-state index in [1.54, 1.807) is 12.1 Å². The summed E-state index contributed by atoms with van der Waals surface area (Å²) in [5.74, 6) is -1.06. The summed E-state index contributed by atoms with van der Waals surface area (Å²) in [4.78, 5) is 12.8. The third-order valence-corrected chi connectivity index (χ3v) is 4.96. The van der Waals surface area contributed by atoms with Crippen molar-refractivity contribution in [1.29, 1.82) is 5.26 Å². The fourth-order valence-corrected chi connectivity index (χ4v) is 3.19. The quantitative estimate of drug-likeness (QED) is 0.731. The third-order valence-electron chi connectivity index (χ3n) is 2.72. The van der Waals surface area contributed by atoms with Crippen LogP contribution in [0.2, 0.25) is 5.02 Å². The number of hydrogen-bond donors (Lipinski definition) is 0. The fourth-order valence-electron chi connectivity index (χ4n) is 1.67. The first-order valence-corrected chi connectivity index (χ1v) is 7.52. The van der Waals surface area contributed by atoms with Crippen molar-refractivity contribution in [3.8, 4) is 6.07 Å². The lowest BCUT2D eigenvalue weighted by atomic mass is 9.95. The first-order chi connectivity index (χ1) is 9.04.